The standard InChI is InChI=1S/C13H19ClN2O/c14-10-4-5-13-11(9-10)12(3-1-8-17-13)16-7-2-6-15/h4-5,9,12,16H,1-3,6-8,15H2. The van der Waals surface area contributed by atoms with Crippen LogP contribution in [0.15, 0.2) is 18.2 Å². The summed E-state index contributed by atoms with van der Waals surface area (Å²) in [6.45, 7) is 2.44. The molecular formula is C13H19ClN2O. The maximum Gasteiger partial charge on any atom is 0.124 e. The van der Waals surface area contributed by atoms with Crippen LogP contribution in [-0.2, 0) is 0 Å². The number of halogens is 1. The van der Waals surface area contributed by atoms with Crippen molar-refractivity contribution in [2.45, 2.75) is 25.3 Å². The van der Waals surface area contributed by atoms with Crippen molar-refractivity contribution in [1.29, 1.82) is 0 Å². The maximum absolute atomic E-state index is 6.05. The minimum absolute atomic E-state index is 0.331. The van der Waals surface area contributed by atoms with Crippen LogP contribution in [0.25, 0.3) is 0 Å². The molecule has 1 aliphatic heterocycles. The molecule has 1 aliphatic rings. The second-order valence-electron chi connectivity index (χ2n) is 4.32. The predicted octanol–water partition coefficient (Wildman–Crippen LogP) is 2.49. The number of hydrogen-bond donors (Lipinski definition) is 2. The summed E-state index contributed by atoms with van der Waals surface area (Å²) in [5.41, 5.74) is 6.68. The second kappa shape index (κ2) is 6.24. The number of fused-ring (bicyclic) bond motifs is 1. The summed E-state index contributed by atoms with van der Waals surface area (Å²) in [4.78, 5) is 0. The van der Waals surface area contributed by atoms with Crippen LogP contribution in [0.4, 0.5) is 0 Å². The van der Waals surface area contributed by atoms with Gasteiger partial charge in [-0.1, -0.05) is 11.6 Å². The van der Waals surface area contributed by atoms with Crippen LogP contribution in [0.3, 0.4) is 0 Å². The van der Waals surface area contributed by atoms with Crippen LogP contribution in [0.1, 0.15) is 30.9 Å². The number of rotatable bonds is 4. The second-order valence-corrected chi connectivity index (χ2v) is 4.76. The van der Waals surface area contributed by atoms with Gasteiger partial charge in [-0.2, -0.15) is 0 Å². The van der Waals surface area contributed by atoms with Gasteiger partial charge in [0.05, 0.1) is 6.61 Å². The average molecular weight is 255 g/mol. The predicted molar refractivity (Wildman–Crippen MR) is 70.6 cm³/mol. The van der Waals surface area contributed by atoms with Crippen molar-refractivity contribution in [3.05, 3.63) is 28.8 Å². The molecule has 0 bridgehead atoms. The van der Waals surface area contributed by atoms with E-state index in [4.69, 9.17) is 22.1 Å². The fourth-order valence-corrected chi connectivity index (χ4v) is 2.32. The molecule has 1 aromatic rings. The Bertz CT molecular complexity index is 370. The van der Waals surface area contributed by atoms with Crippen LogP contribution < -0.4 is 15.8 Å². The Labute approximate surface area is 107 Å². The number of hydrogen-bond acceptors (Lipinski definition) is 3. The van der Waals surface area contributed by atoms with E-state index in [0.29, 0.717) is 6.04 Å². The highest BCUT2D eigenvalue weighted by Gasteiger charge is 2.19. The molecule has 4 heteroatoms. The third-order valence-corrected chi connectivity index (χ3v) is 3.25. The summed E-state index contributed by atoms with van der Waals surface area (Å²) >= 11 is 6.05. The van der Waals surface area contributed by atoms with Gasteiger partial charge in [-0.3, -0.25) is 0 Å². The Morgan fingerprint density at radius 3 is 3.18 bits per heavy atom. The molecule has 1 heterocycles. The fraction of sp³-hybridized carbons (Fsp3) is 0.538. The lowest BCUT2D eigenvalue weighted by Crippen LogP contribution is -2.23. The van der Waals surface area contributed by atoms with E-state index in [0.717, 1.165) is 49.7 Å². The van der Waals surface area contributed by atoms with Gasteiger partial charge in [0.15, 0.2) is 0 Å². The van der Waals surface area contributed by atoms with E-state index in [-0.39, 0.29) is 0 Å². The van der Waals surface area contributed by atoms with Gasteiger partial charge in [-0.15, -0.1) is 0 Å². The molecule has 3 N–H and O–H groups in total. The molecule has 1 aromatic carbocycles. The highest BCUT2D eigenvalue weighted by atomic mass is 35.5. The minimum atomic E-state index is 0.331. The quantitative estimate of drug-likeness (QED) is 0.812. The highest BCUT2D eigenvalue weighted by Crippen LogP contribution is 2.33. The van der Waals surface area contributed by atoms with E-state index in [1.165, 1.54) is 5.56 Å². The van der Waals surface area contributed by atoms with Crippen molar-refractivity contribution in [2.24, 2.45) is 5.73 Å². The van der Waals surface area contributed by atoms with Crippen LogP contribution in [0, 0.1) is 0 Å². The van der Waals surface area contributed by atoms with Crippen molar-refractivity contribution in [1.82, 2.24) is 5.32 Å². The largest absolute Gasteiger partial charge is 0.493 e. The number of nitrogens with two attached hydrogens (primary N) is 1. The molecule has 0 amide bonds. The smallest absolute Gasteiger partial charge is 0.124 e. The zero-order chi connectivity index (χ0) is 12.1. The summed E-state index contributed by atoms with van der Waals surface area (Å²) in [6.07, 6.45) is 3.14. The molecule has 0 aromatic heterocycles. The van der Waals surface area contributed by atoms with E-state index < -0.39 is 0 Å². The summed E-state index contributed by atoms with van der Waals surface area (Å²) in [5.74, 6) is 0.956. The first-order valence-electron chi connectivity index (χ1n) is 6.17. The molecule has 0 saturated heterocycles. The average Bonchev–Trinajstić information content (AvgIpc) is 2.52. The Morgan fingerprint density at radius 1 is 1.47 bits per heavy atom. The molecule has 2 rings (SSSR count). The van der Waals surface area contributed by atoms with E-state index in [9.17, 15) is 0 Å². The SMILES string of the molecule is NCCCNC1CCCOc2ccc(Cl)cc21. The molecule has 17 heavy (non-hydrogen) atoms. The van der Waals surface area contributed by atoms with Crippen molar-refractivity contribution < 1.29 is 4.74 Å². The molecule has 1 atom stereocenters. The summed E-state index contributed by atoms with van der Waals surface area (Å²) in [5, 5.41) is 4.29. The molecule has 0 aliphatic carbocycles. The van der Waals surface area contributed by atoms with E-state index >= 15 is 0 Å². The zero-order valence-electron chi connectivity index (χ0n) is 9.92. The van der Waals surface area contributed by atoms with Gasteiger partial charge in [0.25, 0.3) is 0 Å². The van der Waals surface area contributed by atoms with Gasteiger partial charge in [0, 0.05) is 16.6 Å². The first kappa shape index (κ1) is 12.7. The normalized spacial score (nSPS) is 19.3. The Hall–Kier alpha value is -0.770. The van der Waals surface area contributed by atoms with Crippen molar-refractivity contribution in [3.63, 3.8) is 0 Å². The van der Waals surface area contributed by atoms with Crippen LogP contribution in [0.2, 0.25) is 5.02 Å². The number of ether oxygens (including phenoxy) is 1. The van der Waals surface area contributed by atoms with Gasteiger partial charge in [-0.05, 0) is 50.6 Å². The lowest BCUT2D eigenvalue weighted by atomic mass is 10.0. The van der Waals surface area contributed by atoms with Crippen molar-refractivity contribution in [3.8, 4) is 5.75 Å². The molecule has 0 spiro atoms. The number of nitrogens with one attached hydrogen (secondary N) is 1. The zero-order valence-corrected chi connectivity index (χ0v) is 10.7. The van der Waals surface area contributed by atoms with Crippen LogP contribution >= 0.6 is 11.6 Å². The van der Waals surface area contributed by atoms with E-state index in [2.05, 4.69) is 5.32 Å². The molecule has 3 nitrogen and oxygen atoms in total. The van der Waals surface area contributed by atoms with Gasteiger partial charge in [-0.25, -0.2) is 0 Å². The van der Waals surface area contributed by atoms with Crippen molar-refractivity contribution in [2.75, 3.05) is 19.7 Å². The Balaban J connectivity index is 2.13. The summed E-state index contributed by atoms with van der Waals surface area (Å²) in [7, 11) is 0. The van der Waals surface area contributed by atoms with Gasteiger partial charge >= 0.3 is 0 Å². The minimum Gasteiger partial charge on any atom is -0.493 e. The van der Waals surface area contributed by atoms with Crippen molar-refractivity contribution >= 4 is 11.6 Å². The molecule has 0 fully saturated rings. The highest BCUT2D eigenvalue weighted by molar-refractivity contribution is 6.30. The summed E-state index contributed by atoms with van der Waals surface area (Å²) < 4.78 is 5.72. The Morgan fingerprint density at radius 2 is 2.35 bits per heavy atom. The van der Waals surface area contributed by atoms with E-state index in [1.807, 2.05) is 18.2 Å². The lowest BCUT2D eigenvalue weighted by Gasteiger charge is -2.18. The van der Waals surface area contributed by atoms with Gasteiger partial charge < -0.3 is 15.8 Å². The lowest BCUT2D eigenvalue weighted by molar-refractivity contribution is 0.315. The third kappa shape index (κ3) is 3.35. The monoisotopic (exact) mass is 254 g/mol. The third-order valence-electron chi connectivity index (χ3n) is 3.01. The Kier molecular flexibility index (Phi) is 4.66. The molecular weight excluding hydrogens is 236 g/mol. The maximum atomic E-state index is 6.05. The summed E-state index contributed by atoms with van der Waals surface area (Å²) in [6, 6.07) is 6.17. The first-order chi connectivity index (χ1) is 8.31. The van der Waals surface area contributed by atoms with E-state index in [1.54, 1.807) is 0 Å². The van der Waals surface area contributed by atoms with Gasteiger partial charge in [0.1, 0.15) is 5.75 Å². The fourth-order valence-electron chi connectivity index (χ4n) is 2.14. The first-order valence-corrected chi connectivity index (χ1v) is 6.55. The molecule has 0 saturated carbocycles. The van der Waals surface area contributed by atoms with Crippen LogP contribution in [-0.4, -0.2) is 19.7 Å². The van der Waals surface area contributed by atoms with Gasteiger partial charge in [0.2, 0.25) is 0 Å². The number of benzene rings is 1. The molecule has 0 radical (unpaired) electrons. The molecule has 94 valence electrons. The van der Waals surface area contributed by atoms with Crippen LogP contribution in [0.5, 0.6) is 5.75 Å². The molecule has 1 unspecified atom stereocenters. The topological polar surface area (TPSA) is 47.3 Å².